The average molecular weight is 252 g/mol. The average Bonchev–Trinajstić information content (AvgIpc) is 2.72. The van der Waals surface area contributed by atoms with Crippen molar-refractivity contribution in [2.75, 3.05) is 5.32 Å². The molecule has 1 aromatic carbocycles. The van der Waals surface area contributed by atoms with Crippen LogP contribution in [0.15, 0.2) is 34.7 Å². The maximum atomic E-state index is 10.6. The van der Waals surface area contributed by atoms with Crippen LogP contribution in [0.3, 0.4) is 0 Å². The summed E-state index contributed by atoms with van der Waals surface area (Å²) in [5.74, 6) is -0.833. The third-order valence-electron chi connectivity index (χ3n) is 2.27. The highest BCUT2D eigenvalue weighted by Gasteiger charge is 2.09. The molecule has 4 nitrogen and oxygen atoms in total. The summed E-state index contributed by atoms with van der Waals surface area (Å²) in [4.78, 5) is 10.6. The van der Waals surface area contributed by atoms with E-state index in [-0.39, 0.29) is 5.76 Å². The summed E-state index contributed by atoms with van der Waals surface area (Å²) < 4.78 is 5.09. The van der Waals surface area contributed by atoms with E-state index in [9.17, 15) is 4.79 Å². The lowest BCUT2D eigenvalue weighted by Crippen LogP contribution is -1.93. The molecular weight excluding hydrogens is 242 g/mol. The van der Waals surface area contributed by atoms with Crippen LogP contribution in [0, 0.1) is 6.92 Å². The fourth-order valence-corrected chi connectivity index (χ4v) is 1.55. The molecule has 0 aliphatic rings. The summed E-state index contributed by atoms with van der Waals surface area (Å²) in [6, 6.07) is 8.35. The van der Waals surface area contributed by atoms with Gasteiger partial charge in [-0.2, -0.15) is 0 Å². The van der Waals surface area contributed by atoms with E-state index in [1.807, 2.05) is 13.0 Å². The first-order chi connectivity index (χ1) is 8.06. The number of halogens is 1. The zero-order valence-corrected chi connectivity index (χ0v) is 9.78. The van der Waals surface area contributed by atoms with Gasteiger partial charge in [-0.3, -0.25) is 0 Å². The second-order valence-corrected chi connectivity index (χ2v) is 3.99. The lowest BCUT2D eigenvalue weighted by atomic mass is 10.2. The summed E-state index contributed by atoms with van der Waals surface area (Å²) in [7, 11) is 0. The fourth-order valence-electron chi connectivity index (χ4n) is 1.38. The SMILES string of the molecule is Cc1ccc(Cl)cc1Nc1ccc(C(=O)O)o1. The lowest BCUT2D eigenvalue weighted by Gasteiger charge is -2.06. The summed E-state index contributed by atoms with van der Waals surface area (Å²) >= 11 is 5.87. The van der Waals surface area contributed by atoms with Crippen LogP contribution in [0.2, 0.25) is 5.02 Å². The number of benzene rings is 1. The molecule has 0 fully saturated rings. The van der Waals surface area contributed by atoms with Gasteiger partial charge in [-0.25, -0.2) is 4.79 Å². The number of rotatable bonds is 3. The van der Waals surface area contributed by atoms with Crippen LogP contribution in [-0.4, -0.2) is 11.1 Å². The highest BCUT2D eigenvalue weighted by atomic mass is 35.5. The van der Waals surface area contributed by atoms with Gasteiger partial charge >= 0.3 is 5.97 Å². The number of hydrogen-bond donors (Lipinski definition) is 2. The first-order valence-electron chi connectivity index (χ1n) is 4.92. The molecule has 2 N–H and O–H groups in total. The van der Waals surface area contributed by atoms with Crippen LogP contribution in [0.25, 0.3) is 0 Å². The van der Waals surface area contributed by atoms with Gasteiger partial charge in [-0.15, -0.1) is 0 Å². The maximum absolute atomic E-state index is 10.6. The van der Waals surface area contributed by atoms with Gasteiger partial charge in [-0.1, -0.05) is 17.7 Å². The molecular formula is C12H10ClNO3. The summed E-state index contributed by atoms with van der Waals surface area (Å²) in [5.41, 5.74) is 1.77. The van der Waals surface area contributed by atoms with Crippen molar-refractivity contribution in [1.29, 1.82) is 0 Å². The Morgan fingerprint density at radius 3 is 2.76 bits per heavy atom. The largest absolute Gasteiger partial charge is 0.475 e. The second-order valence-electron chi connectivity index (χ2n) is 3.55. The number of hydrogen-bond acceptors (Lipinski definition) is 3. The van der Waals surface area contributed by atoms with Gasteiger partial charge in [0.25, 0.3) is 0 Å². The predicted octanol–water partition coefficient (Wildman–Crippen LogP) is 3.68. The van der Waals surface area contributed by atoms with Gasteiger partial charge in [0.15, 0.2) is 5.88 Å². The number of nitrogens with one attached hydrogen (secondary N) is 1. The fraction of sp³-hybridized carbons (Fsp3) is 0.0833. The van der Waals surface area contributed by atoms with Crippen molar-refractivity contribution in [3.63, 3.8) is 0 Å². The van der Waals surface area contributed by atoms with Crippen molar-refractivity contribution in [3.8, 4) is 0 Å². The van der Waals surface area contributed by atoms with Crippen molar-refractivity contribution < 1.29 is 14.3 Å². The molecule has 0 saturated heterocycles. The van der Waals surface area contributed by atoms with Crippen LogP contribution in [-0.2, 0) is 0 Å². The molecule has 0 bridgehead atoms. The van der Waals surface area contributed by atoms with E-state index in [0.717, 1.165) is 11.3 Å². The molecule has 0 unspecified atom stereocenters. The molecule has 0 aliphatic heterocycles. The quantitative estimate of drug-likeness (QED) is 0.873. The Morgan fingerprint density at radius 1 is 1.35 bits per heavy atom. The zero-order chi connectivity index (χ0) is 12.4. The predicted molar refractivity (Wildman–Crippen MR) is 65.1 cm³/mol. The third kappa shape index (κ3) is 2.60. The normalized spacial score (nSPS) is 10.2. The molecule has 0 amide bonds. The number of carbonyl (C=O) groups is 1. The second kappa shape index (κ2) is 4.51. The molecule has 17 heavy (non-hydrogen) atoms. The standard InChI is InChI=1S/C12H10ClNO3/c1-7-2-3-8(13)6-9(7)14-11-5-4-10(17-11)12(15)16/h2-6,14H,1H3,(H,15,16). The van der Waals surface area contributed by atoms with E-state index in [2.05, 4.69) is 5.32 Å². The Kier molecular flexibility index (Phi) is 3.06. The number of aromatic carboxylic acids is 1. The smallest absolute Gasteiger partial charge is 0.371 e. The number of carboxylic acids is 1. The van der Waals surface area contributed by atoms with Crippen molar-refractivity contribution in [2.24, 2.45) is 0 Å². The van der Waals surface area contributed by atoms with Crippen LogP contribution in [0.4, 0.5) is 11.6 Å². The van der Waals surface area contributed by atoms with Gasteiger partial charge in [0.05, 0.1) is 0 Å². The zero-order valence-electron chi connectivity index (χ0n) is 9.03. The lowest BCUT2D eigenvalue weighted by molar-refractivity contribution is 0.0663. The topological polar surface area (TPSA) is 62.5 Å². The summed E-state index contributed by atoms with van der Waals surface area (Å²) in [6.45, 7) is 1.92. The van der Waals surface area contributed by atoms with Gasteiger partial charge in [0.1, 0.15) is 0 Å². The van der Waals surface area contributed by atoms with E-state index in [1.165, 1.54) is 6.07 Å². The molecule has 88 valence electrons. The molecule has 0 atom stereocenters. The minimum atomic E-state index is -1.10. The van der Waals surface area contributed by atoms with Crippen LogP contribution in [0.1, 0.15) is 16.1 Å². The molecule has 0 saturated carbocycles. The Hall–Kier alpha value is -1.94. The Morgan fingerprint density at radius 2 is 2.12 bits per heavy atom. The van der Waals surface area contributed by atoms with E-state index in [4.69, 9.17) is 21.1 Å². The van der Waals surface area contributed by atoms with Gasteiger partial charge in [0, 0.05) is 16.8 Å². The van der Waals surface area contributed by atoms with E-state index >= 15 is 0 Å². The van der Waals surface area contributed by atoms with E-state index in [1.54, 1.807) is 18.2 Å². The van der Waals surface area contributed by atoms with Crippen molar-refractivity contribution in [2.45, 2.75) is 6.92 Å². The Balaban J connectivity index is 2.25. The highest BCUT2D eigenvalue weighted by molar-refractivity contribution is 6.30. The van der Waals surface area contributed by atoms with Crippen LogP contribution in [0.5, 0.6) is 0 Å². The van der Waals surface area contributed by atoms with E-state index < -0.39 is 5.97 Å². The Labute approximate surface area is 103 Å². The molecule has 1 aromatic heterocycles. The van der Waals surface area contributed by atoms with Gasteiger partial charge in [-0.05, 0) is 30.7 Å². The van der Waals surface area contributed by atoms with E-state index in [0.29, 0.717) is 10.9 Å². The minimum absolute atomic E-state index is 0.104. The molecule has 0 aliphatic carbocycles. The molecule has 2 aromatic rings. The summed E-state index contributed by atoms with van der Waals surface area (Å²) in [6.07, 6.45) is 0. The highest BCUT2D eigenvalue weighted by Crippen LogP contribution is 2.25. The minimum Gasteiger partial charge on any atom is -0.475 e. The molecule has 5 heteroatoms. The number of carboxylic acid groups (broad SMARTS) is 1. The molecule has 0 spiro atoms. The van der Waals surface area contributed by atoms with Crippen LogP contribution >= 0.6 is 11.6 Å². The third-order valence-corrected chi connectivity index (χ3v) is 2.51. The van der Waals surface area contributed by atoms with Gasteiger partial charge < -0.3 is 14.8 Å². The first-order valence-corrected chi connectivity index (χ1v) is 5.30. The number of anilines is 2. The molecule has 1 heterocycles. The number of furan rings is 1. The maximum Gasteiger partial charge on any atom is 0.371 e. The molecule has 0 radical (unpaired) electrons. The Bertz CT molecular complexity index is 563. The van der Waals surface area contributed by atoms with Crippen molar-refractivity contribution in [3.05, 3.63) is 46.7 Å². The monoisotopic (exact) mass is 251 g/mol. The van der Waals surface area contributed by atoms with Gasteiger partial charge in [0.2, 0.25) is 5.76 Å². The van der Waals surface area contributed by atoms with Crippen molar-refractivity contribution >= 4 is 29.1 Å². The summed E-state index contributed by atoms with van der Waals surface area (Å²) in [5, 5.41) is 12.3. The molecule has 2 rings (SSSR count). The number of aryl methyl sites for hydroxylation is 1. The first kappa shape index (κ1) is 11.5. The van der Waals surface area contributed by atoms with Crippen molar-refractivity contribution in [1.82, 2.24) is 0 Å². The van der Waals surface area contributed by atoms with Crippen LogP contribution < -0.4 is 5.32 Å².